The maximum atomic E-state index is 2.38. The van der Waals surface area contributed by atoms with Crippen LogP contribution in [-0.4, -0.2) is 25.0 Å². The van der Waals surface area contributed by atoms with E-state index in [0.717, 1.165) is 0 Å². The van der Waals surface area contributed by atoms with Crippen LogP contribution in [0.5, 0.6) is 0 Å². The van der Waals surface area contributed by atoms with E-state index in [4.69, 9.17) is 0 Å². The summed E-state index contributed by atoms with van der Waals surface area (Å²) in [5.41, 5.74) is 6.64. The van der Waals surface area contributed by atoms with Crippen LogP contribution in [-0.2, 0) is 0 Å². The first-order valence-corrected chi connectivity index (χ1v) is 6.72. The summed E-state index contributed by atoms with van der Waals surface area (Å²) in [6.45, 7) is 9.19. The lowest BCUT2D eigenvalue weighted by Crippen LogP contribution is -2.30. The van der Waals surface area contributed by atoms with Gasteiger partial charge in [-0.2, -0.15) is 0 Å². The van der Waals surface area contributed by atoms with E-state index in [2.05, 4.69) is 46.7 Å². The number of hydrogen-bond donors (Lipinski definition) is 0. The monoisotopic (exact) mass is 221 g/mol. The Hall–Kier alpha value is -0.560. The van der Waals surface area contributed by atoms with Crippen LogP contribution in [0.2, 0.25) is 0 Å². The van der Waals surface area contributed by atoms with Gasteiger partial charge in [0.15, 0.2) is 0 Å². The molecule has 92 valence electrons. The van der Waals surface area contributed by atoms with Crippen molar-refractivity contribution in [3.63, 3.8) is 0 Å². The second-order valence-corrected chi connectivity index (χ2v) is 4.79. The van der Waals surface area contributed by atoms with E-state index < -0.39 is 0 Å². The number of likely N-dealkylation sites (N-methyl/N-ethyl adjacent to an activating group) is 1. The standard InChI is InChI=1S/C15H27N/c1-7-11-12(8-2)14(10-4)15(16(5)6)13(11)9-3/h15H,7-10H2,1-6H3. The lowest BCUT2D eigenvalue weighted by Gasteiger charge is -2.26. The van der Waals surface area contributed by atoms with Crippen molar-refractivity contribution in [1.82, 2.24) is 4.90 Å². The van der Waals surface area contributed by atoms with Crippen molar-refractivity contribution in [2.45, 2.75) is 59.4 Å². The zero-order valence-corrected chi connectivity index (χ0v) is 11.9. The quantitative estimate of drug-likeness (QED) is 0.673. The fraction of sp³-hybridized carbons (Fsp3) is 0.733. The average Bonchev–Trinajstić information content (AvgIpc) is 2.60. The third-order valence-corrected chi connectivity index (χ3v) is 3.78. The van der Waals surface area contributed by atoms with Crippen LogP contribution in [0.1, 0.15) is 53.4 Å². The van der Waals surface area contributed by atoms with Gasteiger partial charge in [0.25, 0.3) is 0 Å². The molecule has 0 saturated heterocycles. The Morgan fingerprint density at radius 1 is 0.750 bits per heavy atom. The molecule has 1 nitrogen and oxygen atoms in total. The Kier molecular flexibility index (Phi) is 4.79. The molecule has 16 heavy (non-hydrogen) atoms. The molecule has 0 amide bonds. The first-order chi connectivity index (χ1) is 7.62. The largest absolute Gasteiger partial charge is 0.299 e. The predicted octanol–water partition coefficient (Wildman–Crippen LogP) is 4.16. The van der Waals surface area contributed by atoms with Crippen molar-refractivity contribution in [2.24, 2.45) is 0 Å². The average molecular weight is 221 g/mol. The molecule has 1 aliphatic rings. The van der Waals surface area contributed by atoms with E-state index in [1.54, 1.807) is 22.3 Å². The molecule has 0 aromatic rings. The van der Waals surface area contributed by atoms with Gasteiger partial charge in [0.2, 0.25) is 0 Å². The van der Waals surface area contributed by atoms with E-state index >= 15 is 0 Å². The molecule has 0 aliphatic heterocycles. The molecule has 0 spiro atoms. The molecule has 1 aliphatic carbocycles. The Labute approximate surface area is 101 Å². The van der Waals surface area contributed by atoms with Crippen LogP contribution in [0.15, 0.2) is 22.3 Å². The highest BCUT2D eigenvalue weighted by Gasteiger charge is 2.30. The first kappa shape index (κ1) is 13.5. The molecule has 0 bridgehead atoms. The third kappa shape index (κ3) is 2.10. The number of nitrogens with zero attached hydrogens (tertiary/aromatic N) is 1. The highest BCUT2D eigenvalue weighted by atomic mass is 15.1. The minimum atomic E-state index is 0.583. The second-order valence-electron chi connectivity index (χ2n) is 4.79. The molecular weight excluding hydrogens is 194 g/mol. The minimum Gasteiger partial charge on any atom is -0.299 e. The molecule has 0 saturated carbocycles. The maximum Gasteiger partial charge on any atom is 0.0526 e. The van der Waals surface area contributed by atoms with Crippen LogP contribution in [0.4, 0.5) is 0 Å². The Bertz CT molecular complexity index is 279. The molecule has 0 aromatic carbocycles. The normalized spacial score (nSPS) is 18.2. The highest BCUT2D eigenvalue weighted by molar-refractivity contribution is 5.52. The molecule has 0 heterocycles. The van der Waals surface area contributed by atoms with Crippen molar-refractivity contribution >= 4 is 0 Å². The van der Waals surface area contributed by atoms with Crippen molar-refractivity contribution in [3.8, 4) is 0 Å². The van der Waals surface area contributed by atoms with Gasteiger partial charge in [-0.3, -0.25) is 4.90 Å². The SMILES string of the molecule is CCC1=C(CC)C(N(C)C)C(CC)=C1CC. The topological polar surface area (TPSA) is 3.24 Å². The number of allylic oxidation sites excluding steroid dienone is 2. The number of hydrogen-bond acceptors (Lipinski definition) is 1. The first-order valence-electron chi connectivity index (χ1n) is 6.72. The Morgan fingerprint density at radius 3 is 1.31 bits per heavy atom. The summed E-state index contributed by atoms with van der Waals surface area (Å²) < 4.78 is 0. The lowest BCUT2D eigenvalue weighted by atomic mass is 9.98. The molecule has 0 N–H and O–H groups in total. The molecule has 0 radical (unpaired) electrons. The van der Waals surface area contributed by atoms with Gasteiger partial charge < -0.3 is 0 Å². The molecule has 1 heteroatoms. The Morgan fingerprint density at radius 2 is 1.12 bits per heavy atom. The van der Waals surface area contributed by atoms with Crippen molar-refractivity contribution in [3.05, 3.63) is 22.3 Å². The summed E-state index contributed by atoms with van der Waals surface area (Å²) in [6, 6.07) is 0.583. The minimum absolute atomic E-state index is 0.583. The van der Waals surface area contributed by atoms with Gasteiger partial charge in [-0.1, -0.05) is 27.7 Å². The van der Waals surface area contributed by atoms with Crippen molar-refractivity contribution in [1.29, 1.82) is 0 Å². The van der Waals surface area contributed by atoms with Gasteiger partial charge >= 0.3 is 0 Å². The van der Waals surface area contributed by atoms with E-state index in [9.17, 15) is 0 Å². The van der Waals surface area contributed by atoms with Crippen molar-refractivity contribution < 1.29 is 0 Å². The van der Waals surface area contributed by atoms with E-state index in [1.165, 1.54) is 25.7 Å². The lowest BCUT2D eigenvalue weighted by molar-refractivity contribution is 0.359. The van der Waals surface area contributed by atoms with Gasteiger partial charge in [-0.05, 0) is 62.1 Å². The molecule has 0 aromatic heterocycles. The van der Waals surface area contributed by atoms with Crippen LogP contribution in [0.25, 0.3) is 0 Å². The van der Waals surface area contributed by atoms with Gasteiger partial charge in [-0.25, -0.2) is 0 Å². The summed E-state index contributed by atoms with van der Waals surface area (Å²) in [5, 5.41) is 0. The van der Waals surface area contributed by atoms with E-state index in [1.807, 2.05) is 0 Å². The molecule has 0 fully saturated rings. The van der Waals surface area contributed by atoms with Crippen LogP contribution in [0, 0.1) is 0 Å². The van der Waals surface area contributed by atoms with Gasteiger partial charge in [-0.15, -0.1) is 0 Å². The molecule has 1 rings (SSSR count). The second kappa shape index (κ2) is 5.67. The fourth-order valence-electron chi connectivity index (χ4n) is 3.25. The third-order valence-electron chi connectivity index (χ3n) is 3.78. The fourth-order valence-corrected chi connectivity index (χ4v) is 3.25. The van der Waals surface area contributed by atoms with Crippen LogP contribution >= 0.6 is 0 Å². The van der Waals surface area contributed by atoms with Crippen LogP contribution < -0.4 is 0 Å². The Balaban J connectivity index is 3.25. The molecule has 0 atom stereocenters. The van der Waals surface area contributed by atoms with Crippen molar-refractivity contribution in [2.75, 3.05) is 14.1 Å². The summed E-state index contributed by atoms with van der Waals surface area (Å²) in [7, 11) is 4.42. The van der Waals surface area contributed by atoms with Gasteiger partial charge in [0.1, 0.15) is 0 Å². The highest BCUT2D eigenvalue weighted by Crippen LogP contribution is 2.40. The summed E-state index contributed by atoms with van der Waals surface area (Å²) in [5.74, 6) is 0. The van der Waals surface area contributed by atoms with E-state index in [-0.39, 0.29) is 0 Å². The predicted molar refractivity (Wildman–Crippen MR) is 72.7 cm³/mol. The maximum absolute atomic E-state index is 2.38. The van der Waals surface area contributed by atoms with E-state index in [0.29, 0.717) is 6.04 Å². The van der Waals surface area contributed by atoms with Gasteiger partial charge in [0, 0.05) is 0 Å². The number of rotatable bonds is 5. The van der Waals surface area contributed by atoms with Crippen LogP contribution in [0.3, 0.4) is 0 Å². The van der Waals surface area contributed by atoms with Gasteiger partial charge in [0.05, 0.1) is 6.04 Å². The molecule has 0 unspecified atom stereocenters. The summed E-state index contributed by atoms with van der Waals surface area (Å²) in [4.78, 5) is 2.38. The zero-order valence-electron chi connectivity index (χ0n) is 11.9. The smallest absolute Gasteiger partial charge is 0.0526 e. The zero-order chi connectivity index (χ0) is 12.3. The molecular formula is C15H27N. The summed E-state index contributed by atoms with van der Waals surface area (Å²) in [6.07, 6.45) is 4.78. The summed E-state index contributed by atoms with van der Waals surface area (Å²) >= 11 is 0.